The molecule has 0 radical (unpaired) electrons. The van der Waals surface area contributed by atoms with Gasteiger partial charge in [-0.25, -0.2) is 0 Å². The average Bonchev–Trinajstić information content (AvgIpc) is 2.61. The molecule has 26 heavy (non-hydrogen) atoms. The van der Waals surface area contributed by atoms with Crippen molar-refractivity contribution < 1.29 is 19.1 Å². The van der Waals surface area contributed by atoms with E-state index in [0.29, 0.717) is 32.9 Å². The zero-order valence-corrected chi connectivity index (χ0v) is 16.0. The monoisotopic (exact) mass is 396 g/mol. The van der Waals surface area contributed by atoms with Crippen LogP contribution < -0.4 is 19.7 Å². The Kier molecular flexibility index (Phi) is 6.71. The van der Waals surface area contributed by atoms with E-state index in [1.54, 1.807) is 30.3 Å². The van der Waals surface area contributed by atoms with Crippen molar-refractivity contribution in [1.82, 2.24) is 0 Å². The van der Waals surface area contributed by atoms with Crippen molar-refractivity contribution in [1.29, 1.82) is 0 Å². The van der Waals surface area contributed by atoms with E-state index in [2.05, 4.69) is 5.32 Å². The Balaban J connectivity index is 2.31. The second-order valence-electron chi connectivity index (χ2n) is 5.29. The van der Waals surface area contributed by atoms with E-state index >= 15 is 0 Å². The van der Waals surface area contributed by atoms with E-state index in [4.69, 9.17) is 32.7 Å². The number of hydrogen-bond acceptors (Lipinski definition) is 4. The summed E-state index contributed by atoms with van der Waals surface area (Å²) in [5.41, 5.74) is 0.832. The minimum absolute atomic E-state index is 0.234. The highest BCUT2D eigenvalue weighted by molar-refractivity contribution is 6.33. The van der Waals surface area contributed by atoms with Crippen molar-refractivity contribution in [2.45, 2.75) is 6.92 Å². The molecule has 0 aliphatic rings. The number of ether oxygens (including phenoxy) is 2. The highest BCUT2D eigenvalue weighted by Gasteiger charge is 2.22. The van der Waals surface area contributed by atoms with E-state index < -0.39 is 5.91 Å². The van der Waals surface area contributed by atoms with Gasteiger partial charge in [0, 0.05) is 19.1 Å². The molecule has 0 spiro atoms. The van der Waals surface area contributed by atoms with Crippen molar-refractivity contribution in [3.05, 3.63) is 46.4 Å². The lowest BCUT2D eigenvalue weighted by Crippen LogP contribution is -2.37. The summed E-state index contributed by atoms with van der Waals surface area (Å²) in [7, 11) is 2.91. The normalized spacial score (nSPS) is 10.2. The van der Waals surface area contributed by atoms with Gasteiger partial charge in [0.05, 0.1) is 35.6 Å². The van der Waals surface area contributed by atoms with Crippen molar-refractivity contribution in [3.63, 3.8) is 0 Å². The fourth-order valence-electron chi connectivity index (χ4n) is 2.32. The van der Waals surface area contributed by atoms with Crippen LogP contribution in [0.25, 0.3) is 0 Å². The second kappa shape index (κ2) is 8.78. The molecular formula is C18H18Cl2N2O4. The average molecular weight is 397 g/mol. The number of amides is 2. The summed E-state index contributed by atoms with van der Waals surface area (Å²) in [6, 6.07) is 9.91. The molecule has 0 heterocycles. The first-order valence-electron chi connectivity index (χ1n) is 7.61. The van der Waals surface area contributed by atoms with Crippen molar-refractivity contribution in [3.8, 4) is 11.5 Å². The standard InChI is InChI=1S/C18H18Cl2N2O4/c1-11(23)22(10-18(24)21-14-7-5-4-6-12(14)19)15-9-16(25-2)13(20)8-17(15)26-3/h4-9H,10H2,1-3H3,(H,21,24). The topological polar surface area (TPSA) is 67.9 Å². The number of methoxy groups -OCH3 is 2. The summed E-state index contributed by atoms with van der Waals surface area (Å²) >= 11 is 12.1. The quantitative estimate of drug-likeness (QED) is 0.800. The Labute approximate surface area is 161 Å². The van der Waals surface area contributed by atoms with Crippen LogP contribution in [-0.4, -0.2) is 32.6 Å². The fourth-order valence-corrected chi connectivity index (χ4v) is 2.73. The number of hydrogen-bond donors (Lipinski definition) is 1. The molecule has 138 valence electrons. The fraction of sp³-hybridized carbons (Fsp3) is 0.222. The van der Waals surface area contributed by atoms with Gasteiger partial charge in [0.1, 0.15) is 18.0 Å². The Morgan fingerprint density at radius 2 is 1.69 bits per heavy atom. The molecule has 0 saturated carbocycles. The number of carbonyl (C=O) groups is 2. The molecular weight excluding hydrogens is 379 g/mol. The maximum absolute atomic E-state index is 12.4. The predicted octanol–water partition coefficient (Wildman–Crippen LogP) is 4.00. The molecule has 0 fully saturated rings. The largest absolute Gasteiger partial charge is 0.495 e. The molecule has 8 heteroatoms. The Bertz CT molecular complexity index is 827. The first kappa shape index (κ1) is 19.9. The van der Waals surface area contributed by atoms with Gasteiger partial charge in [-0.1, -0.05) is 35.3 Å². The van der Waals surface area contributed by atoms with Crippen LogP contribution in [0, 0.1) is 0 Å². The molecule has 0 atom stereocenters. The van der Waals surface area contributed by atoms with Gasteiger partial charge in [0.15, 0.2) is 0 Å². The second-order valence-corrected chi connectivity index (χ2v) is 6.11. The molecule has 0 unspecified atom stereocenters. The van der Waals surface area contributed by atoms with E-state index in [1.807, 2.05) is 0 Å². The minimum atomic E-state index is -0.413. The van der Waals surface area contributed by atoms with Crippen LogP contribution in [-0.2, 0) is 9.59 Å². The number of nitrogens with zero attached hydrogens (tertiary/aromatic N) is 1. The smallest absolute Gasteiger partial charge is 0.244 e. The summed E-state index contributed by atoms with van der Waals surface area (Å²) < 4.78 is 10.5. The maximum Gasteiger partial charge on any atom is 0.244 e. The van der Waals surface area contributed by atoms with Crippen molar-refractivity contribution in [2.24, 2.45) is 0 Å². The zero-order chi connectivity index (χ0) is 19.3. The van der Waals surface area contributed by atoms with Gasteiger partial charge >= 0.3 is 0 Å². The SMILES string of the molecule is COc1cc(N(CC(=O)Nc2ccccc2Cl)C(C)=O)c(OC)cc1Cl. The molecule has 6 nitrogen and oxygen atoms in total. The highest BCUT2D eigenvalue weighted by Crippen LogP contribution is 2.38. The minimum Gasteiger partial charge on any atom is -0.495 e. The molecule has 2 rings (SSSR count). The summed E-state index contributed by atoms with van der Waals surface area (Å²) in [4.78, 5) is 25.8. The first-order valence-corrected chi connectivity index (χ1v) is 8.37. The Morgan fingerprint density at radius 1 is 1.04 bits per heavy atom. The van der Waals surface area contributed by atoms with Crippen molar-refractivity contribution in [2.75, 3.05) is 31.0 Å². The van der Waals surface area contributed by atoms with E-state index in [9.17, 15) is 9.59 Å². The predicted molar refractivity (Wildman–Crippen MR) is 103 cm³/mol. The molecule has 1 N–H and O–H groups in total. The van der Waals surface area contributed by atoms with Gasteiger partial charge < -0.3 is 14.8 Å². The third-order valence-electron chi connectivity index (χ3n) is 3.57. The van der Waals surface area contributed by atoms with Crippen LogP contribution in [0.1, 0.15) is 6.92 Å². The molecule has 0 saturated heterocycles. The van der Waals surface area contributed by atoms with Gasteiger partial charge in [-0.3, -0.25) is 14.5 Å². The lowest BCUT2D eigenvalue weighted by molar-refractivity contribution is -0.120. The number of carbonyl (C=O) groups excluding carboxylic acids is 2. The number of halogens is 2. The third kappa shape index (κ3) is 4.59. The van der Waals surface area contributed by atoms with Crippen molar-refractivity contribution >= 4 is 46.4 Å². The molecule has 2 aromatic rings. The third-order valence-corrected chi connectivity index (χ3v) is 4.20. The van der Waals surface area contributed by atoms with Crippen LogP contribution in [0.15, 0.2) is 36.4 Å². The zero-order valence-electron chi connectivity index (χ0n) is 14.5. The maximum atomic E-state index is 12.4. The van der Waals surface area contributed by atoms with Gasteiger partial charge in [0.25, 0.3) is 0 Å². The number of para-hydroxylation sites is 1. The summed E-state index contributed by atoms with van der Waals surface area (Å²) in [6.45, 7) is 1.12. The number of rotatable bonds is 6. The van der Waals surface area contributed by atoms with Crippen LogP contribution in [0.3, 0.4) is 0 Å². The molecule has 0 bridgehead atoms. The summed E-state index contributed by atoms with van der Waals surface area (Å²) in [5.74, 6) is -0.0528. The summed E-state index contributed by atoms with van der Waals surface area (Å²) in [5, 5.41) is 3.41. The van der Waals surface area contributed by atoms with E-state index in [0.717, 1.165) is 0 Å². The molecule has 2 aromatic carbocycles. The van der Waals surface area contributed by atoms with Crippen LogP contribution in [0.4, 0.5) is 11.4 Å². The van der Waals surface area contributed by atoms with Crippen LogP contribution in [0.5, 0.6) is 11.5 Å². The molecule has 0 aromatic heterocycles. The van der Waals surface area contributed by atoms with E-state index in [1.165, 1.54) is 32.1 Å². The van der Waals surface area contributed by atoms with Gasteiger partial charge in [-0.15, -0.1) is 0 Å². The number of nitrogens with one attached hydrogen (secondary N) is 1. The first-order chi connectivity index (χ1) is 12.4. The molecule has 0 aliphatic carbocycles. The summed E-state index contributed by atoms with van der Waals surface area (Å²) in [6.07, 6.45) is 0. The lowest BCUT2D eigenvalue weighted by Gasteiger charge is -2.24. The van der Waals surface area contributed by atoms with Crippen LogP contribution >= 0.6 is 23.2 Å². The van der Waals surface area contributed by atoms with Gasteiger partial charge in [-0.2, -0.15) is 0 Å². The molecule has 2 amide bonds. The Morgan fingerprint density at radius 3 is 2.27 bits per heavy atom. The highest BCUT2D eigenvalue weighted by atomic mass is 35.5. The van der Waals surface area contributed by atoms with E-state index in [-0.39, 0.29) is 12.5 Å². The number of anilines is 2. The molecule has 0 aliphatic heterocycles. The van der Waals surface area contributed by atoms with Gasteiger partial charge in [-0.05, 0) is 12.1 Å². The van der Waals surface area contributed by atoms with Crippen LogP contribution in [0.2, 0.25) is 10.0 Å². The Hall–Kier alpha value is -2.44. The van der Waals surface area contributed by atoms with Gasteiger partial charge in [0.2, 0.25) is 11.8 Å². The number of benzene rings is 2. The lowest BCUT2D eigenvalue weighted by atomic mass is 10.2.